The molecule has 3 heterocycles. The lowest BCUT2D eigenvalue weighted by molar-refractivity contribution is 0.669. The number of para-hydroxylation sites is 1. The fourth-order valence-electron chi connectivity index (χ4n) is 7.80. The predicted octanol–water partition coefficient (Wildman–Crippen LogP) is 12.2. The van der Waals surface area contributed by atoms with Gasteiger partial charge in [0.05, 0.1) is 11.0 Å². The normalized spacial score (nSPS) is 11.8. The van der Waals surface area contributed by atoms with Crippen LogP contribution in [-0.2, 0) is 0 Å². The molecule has 242 valence electrons. The van der Waals surface area contributed by atoms with E-state index in [2.05, 4.69) is 120 Å². The van der Waals surface area contributed by atoms with E-state index in [9.17, 15) is 0 Å². The van der Waals surface area contributed by atoms with Gasteiger partial charge in [-0.25, -0.2) is 15.0 Å². The van der Waals surface area contributed by atoms with Crippen molar-refractivity contribution in [3.63, 3.8) is 0 Å². The van der Waals surface area contributed by atoms with Crippen molar-refractivity contribution in [3.05, 3.63) is 170 Å². The van der Waals surface area contributed by atoms with Crippen LogP contribution in [0, 0.1) is 0 Å². The molecule has 5 heteroatoms. The first-order valence-corrected chi connectivity index (χ1v) is 17.4. The van der Waals surface area contributed by atoms with Crippen LogP contribution in [0.4, 0.5) is 0 Å². The highest BCUT2D eigenvalue weighted by molar-refractivity contribution is 6.28. The maximum atomic E-state index is 6.23. The quantitative estimate of drug-likeness (QED) is 0.188. The molecule has 0 unspecified atom stereocenters. The Bertz CT molecular complexity index is 3080. The predicted molar refractivity (Wildman–Crippen MR) is 213 cm³/mol. The van der Waals surface area contributed by atoms with Gasteiger partial charge in [-0.15, -0.1) is 0 Å². The first-order chi connectivity index (χ1) is 25.8. The minimum atomic E-state index is 0.594. The number of benzene rings is 8. The Morgan fingerprint density at radius 2 is 0.865 bits per heavy atom. The van der Waals surface area contributed by atoms with Gasteiger partial charge in [-0.2, -0.15) is 0 Å². The van der Waals surface area contributed by atoms with E-state index in [-0.39, 0.29) is 0 Å². The summed E-state index contributed by atoms with van der Waals surface area (Å²) in [5.41, 5.74) is 7.79. The van der Waals surface area contributed by atoms with Crippen LogP contribution >= 0.6 is 0 Å². The fourth-order valence-corrected chi connectivity index (χ4v) is 7.80. The zero-order chi connectivity index (χ0) is 34.2. The summed E-state index contributed by atoms with van der Waals surface area (Å²) < 4.78 is 8.61. The number of rotatable bonds is 4. The van der Waals surface area contributed by atoms with Crippen molar-refractivity contribution in [2.45, 2.75) is 0 Å². The second-order valence-corrected chi connectivity index (χ2v) is 13.2. The Labute approximate surface area is 298 Å². The first-order valence-electron chi connectivity index (χ1n) is 17.4. The van der Waals surface area contributed by atoms with E-state index < -0.39 is 0 Å². The summed E-state index contributed by atoms with van der Waals surface area (Å²) in [5.74, 6) is 1.83. The third-order valence-corrected chi connectivity index (χ3v) is 10.2. The Morgan fingerprint density at radius 1 is 0.365 bits per heavy atom. The van der Waals surface area contributed by atoms with E-state index in [4.69, 9.17) is 19.4 Å². The topological polar surface area (TPSA) is 56.7 Å². The van der Waals surface area contributed by atoms with Crippen molar-refractivity contribution in [3.8, 4) is 39.9 Å². The van der Waals surface area contributed by atoms with Crippen molar-refractivity contribution in [1.82, 2.24) is 19.5 Å². The molecule has 0 radical (unpaired) electrons. The largest absolute Gasteiger partial charge is 0.456 e. The van der Waals surface area contributed by atoms with Crippen LogP contribution in [0.2, 0.25) is 0 Å². The molecule has 0 aliphatic rings. The van der Waals surface area contributed by atoms with Gasteiger partial charge >= 0.3 is 0 Å². The molecule has 0 aliphatic heterocycles. The van der Waals surface area contributed by atoms with Crippen molar-refractivity contribution in [2.24, 2.45) is 0 Å². The summed E-state index contributed by atoms with van der Waals surface area (Å²) >= 11 is 0. The first kappa shape index (κ1) is 28.7. The average Bonchev–Trinajstić information content (AvgIpc) is 3.77. The molecule has 0 saturated carbocycles. The SMILES string of the molecule is c1ccc(-c2nc(-c3ccc(-n4c5ccc6ccccc6c5c5c6ccccc6ccc54)cc3)nc(-c3ccc4c(c3)oc3ccccc34)n2)cc1. The molecule has 3 aromatic heterocycles. The monoisotopic (exact) mass is 664 g/mol. The second kappa shape index (κ2) is 11.2. The van der Waals surface area contributed by atoms with E-state index in [1.54, 1.807) is 0 Å². The van der Waals surface area contributed by atoms with Crippen LogP contribution < -0.4 is 0 Å². The van der Waals surface area contributed by atoms with Gasteiger partial charge in [0.25, 0.3) is 0 Å². The molecule has 0 spiro atoms. The van der Waals surface area contributed by atoms with Crippen molar-refractivity contribution >= 4 is 65.3 Å². The maximum Gasteiger partial charge on any atom is 0.164 e. The lowest BCUT2D eigenvalue weighted by Crippen LogP contribution is -2.00. The fraction of sp³-hybridized carbons (Fsp3) is 0. The molecule has 8 aromatic carbocycles. The van der Waals surface area contributed by atoms with Crippen LogP contribution in [0.3, 0.4) is 0 Å². The summed E-state index contributed by atoms with van der Waals surface area (Å²) in [4.78, 5) is 15.0. The van der Waals surface area contributed by atoms with Gasteiger partial charge in [-0.1, -0.05) is 115 Å². The Morgan fingerprint density at radius 3 is 1.52 bits per heavy atom. The summed E-state index contributed by atoms with van der Waals surface area (Å²) in [6.45, 7) is 0. The molecule has 0 amide bonds. The van der Waals surface area contributed by atoms with Gasteiger partial charge in [-0.05, 0) is 76.1 Å². The van der Waals surface area contributed by atoms with E-state index in [1.807, 2.05) is 54.6 Å². The highest BCUT2D eigenvalue weighted by Crippen LogP contribution is 2.41. The molecule has 0 bridgehead atoms. The van der Waals surface area contributed by atoms with Crippen LogP contribution in [0.15, 0.2) is 174 Å². The summed E-state index contributed by atoms with van der Waals surface area (Å²) in [6, 6.07) is 59.2. The molecule has 52 heavy (non-hydrogen) atoms. The van der Waals surface area contributed by atoms with Gasteiger partial charge < -0.3 is 8.98 Å². The number of fused-ring (bicyclic) bond motifs is 10. The van der Waals surface area contributed by atoms with E-state index >= 15 is 0 Å². The van der Waals surface area contributed by atoms with Gasteiger partial charge in [0, 0.05) is 43.9 Å². The Balaban J connectivity index is 1.08. The molecule has 0 fully saturated rings. The minimum Gasteiger partial charge on any atom is -0.456 e. The number of aromatic nitrogens is 4. The van der Waals surface area contributed by atoms with Crippen LogP contribution in [0.1, 0.15) is 0 Å². The van der Waals surface area contributed by atoms with E-state index in [1.165, 1.54) is 43.4 Å². The van der Waals surface area contributed by atoms with Crippen molar-refractivity contribution < 1.29 is 4.42 Å². The summed E-state index contributed by atoms with van der Waals surface area (Å²) in [5, 5.41) is 9.67. The van der Waals surface area contributed by atoms with Gasteiger partial charge in [0.1, 0.15) is 11.2 Å². The Kier molecular flexibility index (Phi) is 6.18. The molecule has 0 N–H and O–H groups in total. The van der Waals surface area contributed by atoms with Crippen LogP contribution in [0.5, 0.6) is 0 Å². The smallest absolute Gasteiger partial charge is 0.164 e. The molecular weight excluding hydrogens is 637 g/mol. The molecule has 11 rings (SSSR count). The highest BCUT2D eigenvalue weighted by atomic mass is 16.3. The minimum absolute atomic E-state index is 0.594. The van der Waals surface area contributed by atoms with Gasteiger partial charge in [0.2, 0.25) is 0 Å². The standard InChI is InChI=1S/C47H28N4O/c1-2-12-31(13-3-1)45-48-46(50-47(49-45)33-20-25-38-37-16-8-9-17-41(37)52-42(38)28-33)32-18-23-34(24-19-32)51-39-26-21-29-10-4-6-14-35(29)43(39)44-36-15-7-5-11-30(36)22-27-40(44)51/h1-28H. The van der Waals surface area contributed by atoms with E-state index in [0.29, 0.717) is 17.5 Å². The lowest BCUT2D eigenvalue weighted by Gasteiger charge is -2.11. The number of hydrogen-bond acceptors (Lipinski definition) is 4. The zero-order valence-electron chi connectivity index (χ0n) is 27.9. The second-order valence-electron chi connectivity index (χ2n) is 13.2. The third-order valence-electron chi connectivity index (χ3n) is 10.2. The lowest BCUT2D eigenvalue weighted by atomic mass is 10.00. The average molecular weight is 665 g/mol. The van der Waals surface area contributed by atoms with E-state index in [0.717, 1.165) is 44.3 Å². The Hall–Kier alpha value is -7.11. The molecular formula is C47H28N4O. The number of hydrogen-bond donors (Lipinski definition) is 0. The van der Waals surface area contributed by atoms with Gasteiger partial charge in [0.15, 0.2) is 17.5 Å². The van der Waals surface area contributed by atoms with Gasteiger partial charge in [-0.3, -0.25) is 0 Å². The number of furan rings is 1. The zero-order valence-corrected chi connectivity index (χ0v) is 27.9. The number of nitrogens with zero attached hydrogens (tertiary/aromatic N) is 4. The third kappa shape index (κ3) is 4.39. The summed E-state index contributed by atoms with van der Waals surface area (Å²) in [7, 11) is 0. The summed E-state index contributed by atoms with van der Waals surface area (Å²) in [6.07, 6.45) is 0. The molecule has 0 aliphatic carbocycles. The molecule has 11 aromatic rings. The highest BCUT2D eigenvalue weighted by Gasteiger charge is 2.18. The van der Waals surface area contributed by atoms with Crippen LogP contribution in [-0.4, -0.2) is 19.5 Å². The maximum absolute atomic E-state index is 6.23. The molecule has 0 atom stereocenters. The van der Waals surface area contributed by atoms with Crippen molar-refractivity contribution in [2.75, 3.05) is 0 Å². The molecule has 0 saturated heterocycles. The van der Waals surface area contributed by atoms with Crippen molar-refractivity contribution in [1.29, 1.82) is 0 Å². The van der Waals surface area contributed by atoms with Crippen LogP contribution in [0.25, 0.3) is 105 Å². The molecule has 5 nitrogen and oxygen atoms in total.